The maximum atomic E-state index is 12.8. The van der Waals surface area contributed by atoms with Crippen LogP contribution in [-0.4, -0.2) is 67.9 Å². The first-order valence-electron chi connectivity index (χ1n) is 10.5. The Labute approximate surface area is 183 Å². The highest BCUT2D eigenvalue weighted by Gasteiger charge is 2.42. The first-order chi connectivity index (χ1) is 14.5. The summed E-state index contributed by atoms with van der Waals surface area (Å²) in [6.07, 6.45) is 1.90. The molecular weight excluding hydrogens is 408 g/mol. The minimum Gasteiger partial charge on any atom is -0.467 e. The molecule has 7 nitrogen and oxygen atoms in total. The number of amides is 1. The number of aliphatic hydroxyl groups excluding tert-OH is 1. The van der Waals surface area contributed by atoms with Crippen LogP contribution in [0.25, 0.3) is 0 Å². The Morgan fingerprint density at radius 1 is 1.23 bits per heavy atom. The number of unbranched alkanes of at least 4 members (excludes halogenated alkanes) is 1. The van der Waals surface area contributed by atoms with E-state index >= 15 is 0 Å². The Kier molecular flexibility index (Phi) is 10.6. The highest BCUT2D eigenvalue weighted by atomic mass is 35.5. The number of hydrogen-bond donors (Lipinski definition) is 3. The molecule has 0 aromatic heterocycles. The van der Waals surface area contributed by atoms with E-state index in [4.69, 9.17) is 21.1 Å². The van der Waals surface area contributed by atoms with Crippen LogP contribution in [0.1, 0.15) is 31.2 Å². The lowest BCUT2D eigenvalue weighted by molar-refractivity contribution is -0.147. The molecule has 1 aliphatic carbocycles. The van der Waals surface area contributed by atoms with E-state index in [9.17, 15) is 14.7 Å². The molecule has 2 rings (SSSR count). The van der Waals surface area contributed by atoms with Crippen LogP contribution in [0.2, 0.25) is 0 Å². The molecule has 8 heteroatoms. The zero-order valence-corrected chi connectivity index (χ0v) is 18.4. The van der Waals surface area contributed by atoms with Crippen molar-refractivity contribution < 1.29 is 24.2 Å². The summed E-state index contributed by atoms with van der Waals surface area (Å²) < 4.78 is 10.7. The Hall–Kier alpha value is -1.67. The first kappa shape index (κ1) is 24.6. The number of methoxy groups -OCH3 is 1. The third-order valence-electron chi connectivity index (χ3n) is 5.43. The quantitative estimate of drug-likeness (QED) is 0.275. The van der Waals surface area contributed by atoms with Crippen molar-refractivity contribution in [2.45, 2.75) is 55.7 Å². The molecule has 0 radical (unpaired) electrons. The summed E-state index contributed by atoms with van der Waals surface area (Å²) in [5.41, 5.74) is 0.902. The summed E-state index contributed by atoms with van der Waals surface area (Å²) in [6.45, 7) is 1.49. The number of esters is 1. The van der Waals surface area contributed by atoms with E-state index in [0.29, 0.717) is 25.9 Å². The molecule has 5 atom stereocenters. The molecule has 1 amide bonds. The van der Waals surface area contributed by atoms with Gasteiger partial charge in [0, 0.05) is 13.0 Å². The van der Waals surface area contributed by atoms with Gasteiger partial charge in [0.2, 0.25) is 5.91 Å². The smallest absolute Gasteiger partial charge is 0.328 e. The molecule has 1 fully saturated rings. The van der Waals surface area contributed by atoms with Gasteiger partial charge in [-0.1, -0.05) is 30.3 Å². The summed E-state index contributed by atoms with van der Waals surface area (Å²) >= 11 is 6.41. The van der Waals surface area contributed by atoms with Gasteiger partial charge in [-0.3, -0.25) is 4.79 Å². The highest BCUT2D eigenvalue weighted by Crippen LogP contribution is 2.31. The fourth-order valence-corrected chi connectivity index (χ4v) is 4.05. The molecule has 0 saturated heterocycles. The number of alkyl halides is 1. The number of hydrogen-bond acceptors (Lipinski definition) is 6. The minimum absolute atomic E-state index is 0.291. The van der Waals surface area contributed by atoms with Crippen molar-refractivity contribution in [2.24, 2.45) is 5.92 Å². The third-order valence-corrected chi connectivity index (χ3v) is 5.97. The van der Waals surface area contributed by atoms with E-state index in [1.165, 1.54) is 7.11 Å². The standard InChI is InChI=1S/C22H33ClN2O5/c1-24-12-6-7-13-30-18-11-10-16(20(26)19(18)23)21(27)25-17(22(28)29-2)14-15-8-4-3-5-9-15/h3-5,8-9,16-20,24,26H,6-7,10-14H2,1-2H3,(H,25,27)/t16?,17-,18?,19?,20?/m0/s1. The monoisotopic (exact) mass is 440 g/mol. The molecule has 3 N–H and O–H groups in total. The fraction of sp³-hybridized carbons (Fsp3) is 0.636. The maximum absolute atomic E-state index is 12.8. The Balaban J connectivity index is 1.91. The van der Waals surface area contributed by atoms with Crippen LogP contribution in [-0.2, 0) is 25.5 Å². The normalized spacial score (nSPS) is 24.8. The van der Waals surface area contributed by atoms with Crippen molar-refractivity contribution in [1.29, 1.82) is 0 Å². The molecule has 30 heavy (non-hydrogen) atoms. The van der Waals surface area contributed by atoms with Crippen molar-refractivity contribution in [1.82, 2.24) is 10.6 Å². The number of halogens is 1. The van der Waals surface area contributed by atoms with Crippen molar-refractivity contribution in [3.05, 3.63) is 35.9 Å². The van der Waals surface area contributed by atoms with Gasteiger partial charge in [0.25, 0.3) is 0 Å². The second kappa shape index (κ2) is 12.9. The van der Waals surface area contributed by atoms with Crippen molar-refractivity contribution in [3.63, 3.8) is 0 Å². The van der Waals surface area contributed by atoms with Gasteiger partial charge < -0.3 is 25.2 Å². The second-order valence-electron chi connectivity index (χ2n) is 7.61. The van der Waals surface area contributed by atoms with Gasteiger partial charge in [-0.25, -0.2) is 4.79 Å². The summed E-state index contributed by atoms with van der Waals surface area (Å²) in [7, 11) is 3.19. The van der Waals surface area contributed by atoms with Crippen LogP contribution >= 0.6 is 11.6 Å². The number of ether oxygens (including phenoxy) is 2. The highest BCUT2D eigenvalue weighted by molar-refractivity contribution is 6.21. The molecule has 0 spiro atoms. The van der Waals surface area contributed by atoms with Crippen molar-refractivity contribution >= 4 is 23.5 Å². The maximum Gasteiger partial charge on any atom is 0.328 e. The van der Waals surface area contributed by atoms with E-state index in [2.05, 4.69) is 10.6 Å². The van der Waals surface area contributed by atoms with Gasteiger partial charge in [-0.15, -0.1) is 11.6 Å². The lowest BCUT2D eigenvalue weighted by atomic mass is 9.83. The Morgan fingerprint density at radius 2 is 1.97 bits per heavy atom. The number of rotatable bonds is 11. The fourth-order valence-electron chi connectivity index (χ4n) is 3.68. The summed E-state index contributed by atoms with van der Waals surface area (Å²) in [5.74, 6) is -1.62. The molecule has 4 unspecified atom stereocenters. The molecule has 1 aromatic carbocycles. The number of aliphatic hydroxyl groups is 1. The van der Waals surface area contributed by atoms with E-state index < -0.39 is 35.3 Å². The number of benzene rings is 1. The van der Waals surface area contributed by atoms with Gasteiger partial charge in [0.15, 0.2) is 0 Å². The van der Waals surface area contributed by atoms with Crippen LogP contribution in [0, 0.1) is 5.92 Å². The van der Waals surface area contributed by atoms with Crippen LogP contribution in [0.5, 0.6) is 0 Å². The van der Waals surface area contributed by atoms with E-state index in [-0.39, 0.29) is 6.10 Å². The van der Waals surface area contributed by atoms with Gasteiger partial charge in [-0.05, 0) is 44.8 Å². The van der Waals surface area contributed by atoms with Gasteiger partial charge >= 0.3 is 5.97 Å². The molecule has 1 aliphatic rings. The van der Waals surface area contributed by atoms with Crippen LogP contribution in [0.3, 0.4) is 0 Å². The first-order valence-corrected chi connectivity index (χ1v) is 10.9. The lowest BCUT2D eigenvalue weighted by Crippen LogP contribution is -2.53. The molecule has 0 bridgehead atoms. The molecular formula is C22H33ClN2O5. The van der Waals surface area contributed by atoms with E-state index in [1.54, 1.807) is 0 Å². The molecule has 0 aliphatic heterocycles. The second-order valence-corrected chi connectivity index (χ2v) is 8.12. The Bertz CT molecular complexity index is 660. The number of carbonyl (C=O) groups is 2. The van der Waals surface area contributed by atoms with Crippen LogP contribution in [0.4, 0.5) is 0 Å². The molecule has 168 valence electrons. The average molecular weight is 441 g/mol. The molecule has 1 aromatic rings. The number of carbonyl (C=O) groups excluding carboxylic acids is 2. The lowest BCUT2D eigenvalue weighted by Gasteiger charge is -2.36. The van der Waals surface area contributed by atoms with Crippen molar-refractivity contribution in [3.8, 4) is 0 Å². The summed E-state index contributed by atoms with van der Waals surface area (Å²) in [5, 5.41) is 15.8. The van der Waals surface area contributed by atoms with Gasteiger partial charge in [-0.2, -0.15) is 0 Å². The summed E-state index contributed by atoms with van der Waals surface area (Å²) in [6, 6.07) is 8.55. The minimum atomic E-state index is -1.04. The number of nitrogens with one attached hydrogen (secondary N) is 2. The predicted octanol–water partition coefficient (Wildman–Crippen LogP) is 1.65. The van der Waals surface area contributed by atoms with Crippen LogP contribution < -0.4 is 10.6 Å². The topological polar surface area (TPSA) is 96.9 Å². The van der Waals surface area contributed by atoms with Crippen LogP contribution in [0.15, 0.2) is 30.3 Å². The summed E-state index contributed by atoms with van der Waals surface area (Å²) in [4.78, 5) is 25.0. The molecule has 1 saturated carbocycles. The SMILES string of the molecule is CNCCCCOC1CCC(C(=O)N[C@@H](Cc2ccccc2)C(=O)OC)C(O)C1Cl. The largest absolute Gasteiger partial charge is 0.467 e. The van der Waals surface area contributed by atoms with Crippen molar-refractivity contribution in [2.75, 3.05) is 27.3 Å². The zero-order chi connectivity index (χ0) is 21.9. The van der Waals surface area contributed by atoms with E-state index in [0.717, 1.165) is 24.9 Å². The average Bonchev–Trinajstić information content (AvgIpc) is 2.76. The van der Waals surface area contributed by atoms with E-state index in [1.807, 2.05) is 37.4 Å². The third kappa shape index (κ3) is 7.23. The van der Waals surface area contributed by atoms with Gasteiger partial charge in [0.1, 0.15) is 6.04 Å². The van der Waals surface area contributed by atoms with Gasteiger partial charge in [0.05, 0.1) is 30.6 Å². The Morgan fingerprint density at radius 3 is 2.63 bits per heavy atom. The molecule has 0 heterocycles. The zero-order valence-electron chi connectivity index (χ0n) is 17.7. The predicted molar refractivity (Wildman–Crippen MR) is 115 cm³/mol.